The van der Waals surface area contributed by atoms with Crippen LogP contribution < -0.4 is 42.6 Å². The number of benzene rings is 9. The first kappa shape index (κ1) is 36.4. The summed E-state index contributed by atoms with van der Waals surface area (Å²) in [4.78, 5) is 16.3. The lowest BCUT2D eigenvalue weighted by Gasteiger charge is -2.44. The number of para-hydroxylation sites is 2. The maximum absolute atomic E-state index is 5.60. The fourth-order valence-corrected chi connectivity index (χ4v) is 12.5. The Morgan fingerprint density at radius 1 is 0.364 bits per heavy atom. The minimum atomic E-state index is -0.0248. The molecular weight excluding hydrogens is 798 g/mol. The lowest BCUT2D eigenvalue weighted by atomic mass is 9.29. The van der Waals surface area contributed by atoms with Gasteiger partial charge in [-0.25, -0.2) is 9.97 Å². The molecule has 66 heavy (non-hydrogen) atoms. The number of rotatable bonds is 2. The molecule has 4 nitrogen and oxygen atoms in total. The van der Waals surface area contributed by atoms with Crippen molar-refractivity contribution in [1.82, 2.24) is 9.97 Å². The van der Waals surface area contributed by atoms with E-state index >= 15 is 0 Å². The van der Waals surface area contributed by atoms with E-state index in [9.17, 15) is 0 Å². The first-order valence-electron chi connectivity index (χ1n) is 23.2. The molecule has 0 unspecified atom stereocenters. The van der Waals surface area contributed by atoms with Crippen LogP contribution in [0.2, 0.25) is 0 Å². The van der Waals surface area contributed by atoms with Crippen LogP contribution in [0.25, 0.3) is 65.9 Å². The average molecular weight is 839 g/mol. The third kappa shape index (κ3) is 4.61. The van der Waals surface area contributed by atoms with E-state index < -0.39 is 0 Å². The Morgan fingerprint density at radius 2 is 0.773 bits per heavy atom. The van der Waals surface area contributed by atoms with Crippen molar-refractivity contribution < 1.29 is 0 Å². The van der Waals surface area contributed by atoms with Crippen molar-refractivity contribution in [1.29, 1.82) is 0 Å². The van der Waals surface area contributed by atoms with E-state index in [1.807, 2.05) is 0 Å². The van der Waals surface area contributed by atoms with Gasteiger partial charge in [0.05, 0.1) is 22.4 Å². The highest BCUT2D eigenvalue weighted by molar-refractivity contribution is 7.03. The molecule has 4 aliphatic rings. The van der Waals surface area contributed by atoms with Crippen LogP contribution in [-0.2, 0) is 0 Å². The predicted octanol–water partition coefficient (Wildman–Crippen LogP) is 10.9. The number of hydrogen-bond donors (Lipinski definition) is 0. The molecule has 2 aromatic heterocycles. The fraction of sp³-hybridized carbons (Fsp3) is 0.0667. The van der Waals surface area contributed by atoms with Crippen LogP contribution in [0.5, 0.6) is 0 Å². The second kappa shape index (κ2) is 12.9. The third-order valence-electron chi connectivity index (χ3n) is 15.4. The summed E-state index contributed by atoms with van der Waals surface area (Å²) in [5.41, 5.74) is 26.6. The summed E-state index contributed by atoms with van der Waals surface area (Å²) in [5, 5.41) is 7.47. The fourth-order valence-electron chi connectivity index (χ4n) is 12.5. The maximum atomic E-state index is 5.60. The van der Waals surface area contributed by atoms with E-state index in [0.29, 0.717) is 0 Å². The molecule has 15 rings (SSSR count). The van der Waals surface area contributed by atoms with Gasteiger partial charge in [-0.1, -0.05) is 149 Å². The van der Waals surface area contributed by atoms with Crippen molar-refractivity contribution in [2.45, 2.75) is 27.7 Å². The summed E-state index contributed by atoms with van der Waals surface area (Å²) in [7, 11) is 0. The summed E-state index contributed by atoms with van der Waals surface area (Å²) >= 11 is 0. The van der Waals surface area contributed by atoms with Gasteiger partial charge in [-0.05, 0) is 125 Å². The van der Waals surface area contributed by atoms with Crippen LogP contribution in [0.3, 0.4) is 0 Å². The Hall–Kier alpha value is -7.95. The highest BCUT2D eigenvalue weighted by Gasteiger charge is 2.46. The predicted molar refractivity (Wildman–Crippen MR) is 281 cm³/mol. The quantitative estimate of drug-likeness (QED) is 0.128. The number of fused-ring (bicyclic) bond motifs is 12. The first-order chi connectivity index (χ1) is 32.4. The molecule has 0 radical (unpaired) electrons. The number of hydrogen-bond acceptors (Lipinski definition) is 4. The van der Waals surface area contributed by atoms with Crippen LogP contribution in [0.15, 0.2) is 170 Å². The number of nitrogens with zero attached hydrogens (tertiary/aromatic N) is 4. The van der Waals surface area contributed by atoms with Gasteiger partial charge >= 0.3 is 0 Å². The van der Waals surface area contributed by atoms with Crippen molar-refractivity contribution in [3.8, 4) is 22.5 Å². The largest absolute Gasteiger partial charge is 0.311 e. The molecule has 0 saturated heterocycles. The van der Waals surface area contributed by atoms with Gasteiger partial charge in [-0.3, -0.25) is 0 Å². The SMILES string of the molecule is Cc1ccc(N2c3cc4c(cc3B3c5c(cccc52)-c2nc5c(C)cccc5c5cccc3c25)B2c3c(cccc3N4c3ccc(C)cc3)-c3nc4c(C)cccc4c4cccc2c34)cc1. The van der Waals surface area contributed by atoms with Crippen LogP contribution in [0, 0.1) is 27.7 Å². The van der Waals surface area contributed by atoms with Gasteiger partial charge in [0.1, 0.15) is 0 Å². The first-order valence-corrected chi connectivity index (χ1v) is 23.2. The Labute approximate surface area is 384 Å². The normalized spacial score (nSPS) is 13.6. The highest BCUT2D eigenvalue weighted by atomic mass is 15.2. The molecule has 11 aromatic rings. The molecule has 4 aliphatic heterocycles. The lowest BCUT2D eigenvalue weighted by molar-refractivity contribution is 1.25. The molecule has 9 aromatic carbocycles. The molecule has 6 heterocycles. The van der Waals surface area contributed by atoms with Crippen LogP contribution in [0.1, 0.15) is 22.3 Å². The Balaban J connectivity index is 1.10. The summed E-state index contributed by atoms with van der Waals surface area (Å²) in [6, 6.07) is 64.3. The zero-order valence-corrected chi connectivity index (χ0v) is 37.1. The smallest absolute Gasteiger partial charge is 0.248 e. The lowest BCUT2D eigenvalue weighted by Crippen LogP contribution is -2.63. The minimum Gasteiger partial charge on any atom is -0.311 e. The van der Waals surface area contributed by atoms with Crippen LogP contribution >= 0.6 is 0 Å². The molecular formula is C60H40B2N4. The molecule has 0 bridgehead atoms. The van der Waals surface area contributed by atoms with Gasteiger partial charge in [0.2, 0.25) is 13.4 Å². The van der Waals surface area contributed by atoms with E-state index in [1.165, 1.54) is 121 Å². The zero-order valence-electron chi connectivity index (χ0n) is 37.1. The Morgan fingerprint density at radius 3 is 1.23 bits per heavy atom. The number of aromatic nitrogens is 2. The van der Waals surface area contributed by atoms with Crippen molar-refractivity contribution >= 4 is 124 Å². The van der Waals surface area contributed by atoms with E-state index in [0.717, 1.165) is 33.8 Å². The molecule has 0 amide bonds. The summed E-state index contributed by atoms with van der Waals surface area (Å²) in [5.74, 6) is 0. The molecule has 0 aliphatic carbocycles. The van der Waals surface area contributed by atoms with Crippen LogP contribution in [0.4, 0.5) is 34.1 Å². The number of aryl methyl sites for hydroxylation is 4. The number of anilines is 6. The Kier molecular flexibility index (Phi) is 7.09. The van der Waals surface area contributed by atoms with E-state index in [1.54, 1.807) is 0 Å². The van der Waals surface area contributed by atoms with Gasteiger partial charge in [0.25, 0.3) is 0 Å². The third-order valence-corrected chi connectivity index (χ3v) is 15.4. The second-order valence-electron chi connectivity index (χ2n) is 19.1. The topological polar surface area (TPSA) is 32.3 Å². The summed E-state index contributed by atoms with van der Waals surface area (Å²) in [6.07, 6.45) is 0. The van der Waals surface area contributed by atoms with Gasteiger partial charge in [-0.15, -0.1) is 0 Å². The van der Waals surface area contributed by atoms with Crippen molar-refractivity contribution in [3.63, 3.8) is 0 Å². The summed E-state index contributed by atoms with van der Waals surface area (Å²) in [6.45, 7) is 8.68. The molecule has 0 saturated carbocycles. The molecule has 0 N–H and O–H groups in total. The summed E-state index contributed by atoms with van der Waals surface area (Å²) < 4.78 is 0. The van der Waals surface area contributed by atoms with Crippen LogP contribution in [-0.4, -0.2) is 23.4 Å². The zero-order chi connectivity index (χ0) is 43.7. The highest BCUT2D eigenvalue weighted by Crippen LogP contribution is 2.47. The monoisotopic (exact) mass is 838 g/mol. The molecule has 0 spiro atoms. The second-order valence-corrected chi connectivity index (χ2v) is 19.1. The van der Waals surface area contributed by atoms with Gasteiger partial charge < -0.3 is 9.80 Å². The Bertz CT molecular complexity index is 3750. The van der Waals surface area contributed by atoms with Gasteiger partial charge in [0, 0.05) is 55.7 Å². The van der Waals surface area contributed by atoms with Gasteiger partial charge in [-0.2, -0.15) is 0 Å². The van der Waals surface area contributed by atoms with Crippen molar-refractivity contribution in [3.05, 3.63) is 192 Å². The van der Waals surface area contributed by atoms with E-state index in [2.05, 4.69) is 207 Å². The maximum Gasteiger partial charge on any atom is 0.248 e. The standard InChI is InChI=1S/C60H40B2N4/c1-33-23-27-37(28-24-33)65-49-21-9-17-43-55(49)61(45-19-7-13-39-41-15-5-11-35(3)57(41)63-59(43)53(39)45)47-31-48-52(32-51(47)65)66(38-29-25-34(2)26-30-38)50-22-10-18-44-56(50)62(48)46-20-8-14-40-42-16-6-12-36(4)58(42)64-60(44)54(40)46/h5-32H,1-4H3. The van der Waals surface area contributed by atoms with Crippen molar-refractivity contribution in [2.75, 3.05) is 9.80 Å². The minimum absolute atomic E-state index is 0.0248. The number of pyridine rings is 2. The molecule has 0 fully saturated rings. The average Bonchev–Trinajstić information content (AvgIpc) is 3.34. The van der Waals surface area contributed by atoms with Gasteiger partial charge in [0.15, 0.2) is 0 Å². The molecule has 306 valence electrons. The van der Waals surface area contributed by atoms with Crippen molar-refractivity contribution in [2.24, 2.45) is 0 Å². The molecule has 6 heteroatoms. The molecule has 0 atom stereocenters. The van der Waals surface area contributed by atoms with E-state index in [4.69, 9.17) is 9.97 Å². The van der Waals surface area contributed by atoms with E-state index in [-0.39, 0.29) is 13.4 Å².